The summed E-state index contributed by atoms with van der Waals surface area (Å²) in [6.45, 7) is 1.69. The minimum Gasteiger partial charge on any atom is -0.452 e. The van der Waals surface area contributed by atoms with Crippen molar-refractivity contribution < 1.29 is 13.9 Å². The van der Waals surface area contributed by atoms with Gasteiger partial charge < -0.3 is 14.1 Å². The number of aromatic amines is 1. The van der Waals surface area contributed by atoms with Gasteiger partial charge in [0.1, 0.15) is 22.7 Å². The average Bonchev–Trinajstić information content (AvgIpc) is 3.31. The van der Waals surface area contributed by atoms with E-state index >= 15 is 0 Å². The molecule has 7 heteroatoms. The molecular weight excluding hydrogens is 376 g/mol. The van der Waals surface area contributed by atoms with Crippen molar-refractivity contribution in [3.05, 3.63) is 75.3 Å². The maximum absolute atomic E-state index is 12.6. The molecule has 5 aromatic rings. The first kappa shape index (κ1) is 16.7. The van der Waals surface area contributed by atoms with Gasteiger partial charge in [-0.15, -0.1) is 11.3 Å². The van der Waals surface area contributed by atoms with Gasteiger partial charge in [0.05, 0.1) is 5.52 Å². The number of esters is 1. The lowest BCUT2D eigenvalue weighted by Crippen LogP contribution is -2.13. The summed E-state index contributed by atoms with van der Waals surface area (Å²) in [5, 5.41) is 4.65. The van der Waals surface area contributed by atoms with E-state index < -0.39 is 5.97 Å². The third-order valence-electron chi connectivity index (χ3n) is 4.72. The van der Waals surface area contributed by atoms with Crippen LogP contribution >= 0.6 is 11.3 Å². The highest BCUT2D eigenvalue weighted by atomic mass is 32.1. The molecule has 0 radical (unpaired) electrons. The molecule has 6 nitrogen and oxygen atoms in total. The summed E-state index contributed by atoms with van der Waals surface area (Å²) in [6, 6.07) is 13.5. The Morgan fingerprint density at radius 1 is 1.18 bits per heavy atom. The molecule has 0 aliphatic rings. The van der Waals surface area contributed by atoms with Gasteiger partial charge >= 0.3 is 5.97 Å². The minimum atomic E-state index is -0.592. The van der Waals surface area contributed by atoms with E-state index in [1.54, 1.807) is 11.4 Å². The lowest BCUT2D eigenvalue weighted by atomic mass is 10.1. The number of fused-ring (bicyclic) bond motifs is 4. The summed E-state index contributed by atoms with van der Waals surface area (Å²) in [5.41, 5.74) is 1.73. The molecule has 0 amide bonds. The number of aromatic nitrogens is 2. The van der Waals surface area contributed by atoms with Crippen LogP contribution in [0.25, 0.3) is 32.0 Å². The molecule has 0 aliphatic carbocycles. The quantitative estimate of drug-likeness (QED) is 0.457. The van der Waals surface area contributed by atoms with Crippen molar-refractivity contribution in [2.75, 3.05) is 0 Å². The second-order valence-electron chi connectivity index (χ2n) is 6.44. The van der Waals surface area contributed by atoms with E-state index in [0.29, 0.717) is 21.6 Å². The van der Waals surface area contributed by atoms with Crippen molar-refractivity contribution in [1.82, 2.24) is 9.97 Å². The first-order valence-corrected chi connectivity index (χ1v) is 9.54. The van der Waals surface area contributed by atoms with Crippen molar-refractivity contribution in [2.24, 2.45) is 0 Å². The van der Waals surface area contributed by atoms with Gasteiger partial charge in [0.25, 0.3) is 5.56 Å². The number of furan rings is 1. The summed E-state index contributed by atoms with van der Waals surface area (Å²) in [5.74, 6) is -0.139. The fourth-order valence-electron chi connectivity index (χ4n) is 3.33. The van der Waals surface area contributed by atoms with Crippen LogP contribution < -0.4 is 5.56 Å². The number of aryl methyl sites for hydroxylation is 1. The van der Waals surface area contributed by atoms with Crippen molar-refractivity contribution >= 4 is 49.3 Å². The monoisotopic (exact) mass is 390 g/mol. The molecule has 28 heavy (non-hydrogen) atoms. The van der Waals surface area contributed by atoms with Gasteiger partial charge in [0, 0.05) is 16.3 Å². The van der Waals surface area contributed by atoms with Gasteiger partial charge in [0.15, 0.2) is 0 Å². The lowest BCUT2D eigenvalue weighted by Gasteiger charge is -2.03. The van der Waals surface area contributed by atoms with Gasteiger partial charge in [0.2, 0.25) is 5.76 Å². The normalized spacial score (nSPS) is 11.5. The van der Waals surface area contributed by atoms with Crippen LogP contribution in [0.1, 0.15) is 21.9 Å². The van der Waals surface area contributed by atoms with Gasteiger partial charge in [-0.3, -0.25) is 4.79 Å². The fraction of sp³-hybridized carbons (Fsp3) is 0.0952. The molecule has 1 N–H and O–H groups in total. The molecule has 0 saturated carbocycles. The fourth-order valence-corrected chi connectivity index (χ4v) is 4.06. The van der Waals surface area contributed by atoms with Gasteiger partial charge in [-0.25, -0.2) is 9.78 Å². The Kier molecular flexibility index (Phi) is 3.77. The number of ether oxygens (including phenoxy) is 1. The first-order chi connectivity index (χ1) is 13.6. The smallest absolute Gasteiger partial charge is 0.375 e. The summed E-state index contributed by atoms with van der Waals surface area (Å²) in [6.07, 6.45) is 0. The van der Waals surface area contributed by atoms with Gasteiger partial charge in [-0.1, -0.05) is 36.4 Å². The predicted molar refractivity (Wildman–Crippen MR) is 108 cm³/mol. The number of hydrogen-bond acceptors (Lipinski definition) is 6. The Balaban J connectivity index is 1.47. The molecule has 0 fully saturated rings. The maximum Gasteiger partial charge on any atom is 0.375 e. The lowest BCUT2D eigenvalue weighted by molar-refractivity contribution is 0.0427. The zero-order valence-electron chi connectivity index (χ0n) is 14.8. The number of thiophene rings is 1. The van der Waals surface area contributed by atoms with Crippen molar-refractivity contribution in [3.8, 4) is 0 Å². The van der Waals surface area contributed by atoms with E-state index in [1.807, 2.05) is 43.3 Å². The number of nitrogens with one attached hydrogen (secondary N) is 1. The third-order valence-corrected chi connectivity index (χ3v) is 5.62. The number of hydrogen-bond donors (Lipinski definition) is 1. The van der Waals surface area contributed by atoms with E-state index in [1.165, 1.54) is 11.3 Å². The Morgan fingerprint density at radius 3 is 2.93 bits per heavy atom. The standard InChI is InChI=1S/C21H14N2O4S/c1-11-13-7-6-12-4-2-3-5-14(12)18(13)27-17(11)21(25)26-10-16-22-15-8-9-28-19(15)20(24)23-16/h2-9H,10H2,1H3,(H,22,23,24). The predicted octanol–water partition coefficient (Wildman–Crippen LogP) is 4.55. The molecule has 5 rings (SSSR count). The largest absolute Gasteiger partial charge is 0.452 e. The van der Waals surface area contributed by atoms with Gasteiger partial charge in [-0.2, -0.15) is 0 Å². The van der Waals surface area contributed by atoms with Gasteiger partial charge in [-0.05, 0) is 23.8 Å². The van der Waals surface area contributed by atoms with Crippen molar-refractivity contribution in [1.29, 1.82) is 0 Å². The number of carbonyl (C=O) groups excluding carboxylic acids is 1. The second kappa shape index (κ2) is 6.31. The highest BCUT2D eigenvalue weighted by Gasteiger charge is 2.21. The highest BCUT2D eigenvalue weighted by Crippen LogP contribution is 2.32. The Hall–Kier alpha value is -3.45. The van der Waals surface area contributed by atoms with Crippen LogP contribution in [0, 0.1) is 6.92 Å². The number of rotatable bonds is 3. The molecule has 0 aliphatic heterocycles. The van der Waals surface area contributed by atoms with Crippen LogP contribution in [0.5, 0.6) is 0 Å². The highest BCUT2D eigenvalue weighted by molar-refractivity contribution is 7.17. The molecule has 0 unspecified atom stereocenters. The van der Waals surface area contributed by atoms with Crippen LogP contribution in [0.15, 0.2) is 57.1 Å². The van der Waals surface area contributed by atoms with Crippen LogP contribution in [0.4, 0.5) is 0 Å². The number of H-pyrrole nitrogens is 1. The first-order valence-electron chi connectivity index (χ1n) is 8.66. The molecule has 0 bridgehead atoms. The topological polar surface area (TPSA) is 85.2 Å². The number of benzene rings is 2. The van der Waals surface area contributed by atoms with Crippen LogP contribution in [0.3, 0.4) is 0 Å². The zero-order chi connectivity index (χ0) is 19.3. The Labute approximate surface area is 162 Å². The van der Waals surface area contributed by atoms with Crippen LogP contribution in [0.2, 0.25) is 0 Å². The van der Waals surface area contributed by atoms with Crippen molar-refractivity contribution in [2.45, 2.75) is 13.5 Å². The molecule has 0 atom stereocenters. The minimum absolute atomic E-state index is 0.142. The zero-order valence-corrected chi connectivity index (χ0v) is 15.6. The molecule has 2 aromatic carbocycles. The summed E-state index contributed by atoms with van der Waals surface area (Å²) >= 11 is 1.32. The maximum atomic E-state index is 12.6. The van der Waals surface area contributed by atoms with E-state index in [9.17, 15) is 9.59 Å². The summed E-state index contributed by atoms with van der Waals surface area (Å²) < 4.78 is 11.8. The van der Waals surface area contributed by atoms with E-state index in [0.717, 1.165) is 21.7 Å². The summed E-state index contributed by atoms with van der Waals surface area (Å²) in [4.78, 5) is 31.6. The molecule has 3 heterocycles. The molecule has 3 aromatic heterocycles. The number of nitrogens with zero attached hydrogens (tertiary/aromatic N) is 1. The van der Waals surface area contributed by atoms with Crippen LogP contribution in [-0.2, 0) is 11.3 Å². The van der Waals surface area contributed by atoms with Crippen LogP contribution in [-0.4, -0.2) is 15.9 Å². The Bertz CT molecular complexity index is 1430. The molecular formula is C21H14N2O4S. The SMILES string of the molecule is Cc1c(C(=O)OCc2nc3ccsc3c(=O)[nH]2)oc2c1ccc1ccccc12. The second-order valence-corrected chi connectivity index (χ2v) is 7.36. The molecule has 0 saturated heterocycles. The number of carbonyl (C=O) groups is 1. The van der Waals surface area contributed by atoms with E-state index in [-0.39, 0.29) is 17.9 Å². The van der Waals surface area contributed by atoms with E-state index in [2.05, 4.69) is 9.97 Å². The third kappa shape index (κ3) is 2.59. The molecule has 0 spiro atoms. The molecule has 138 valence electrons. The Morgan fingerprint density at radius 2 is 2.04 bits per heavy atom. The van der Waals surface area contributed by atoms with Crippen molar-refractivity contribution in [3.63, 3.8) is 0 Å². The summed E-state index contributed by atoms with van der Waals surface area (Å²) in [7, 11) is 0. The van der Waals surface area contributed by atoms with E-state index in [4.69, 9.17) is 9.15 Å². The average molecular weight is 390 g/mol.